The van der Waals surface area contributed by atoms with Crippen molar-refractivity contribution in [1.82, 2.24) is 0 Å². The summed E-state index contributed by atoms with van der Waals surface area (Å²) in [7, 11) is 0. The molecule has 0 aromatic rings. The third-order valence-corrected chi connectivity index (χ3v) is 2.92. The number of esters is 2. The third kappa shape index (κ3) is 2.53. The molecule has 1 heterocycles. The Morgan fingerprint density at radius 1 is 1.53 bits per heavy atom. The van der Waals surface area contributed by atoms with Crippen molar-refractivity contribution in [3.63, 3.8) is 0 Å². The Kier molecular flexibility index (Phi) is 3.68. The molecule has 0 aromatic carbocycles. The Labute approximate surface area is 96.1 Å². The molecule has 1 aliphatic heterocycles. The molecule has 0 saturated carbocycles. The molecule has 2 unspecified atom stereocenters. The summed E-state index contributed by atoms with van der Waals surface area (Å²) >= 11 is 0. The lowest BCUT2D eigenvalue weighted by Crippen LogP contribution is -2.44. The maximum absolute atomic E-state index is 12.7. The van der Waals surface area contributed by atoms with E-state index in [-0.39, 0.29) is 13.0 Å². The van der Waals surface area contributed by atoms with Crippen LogP contribution in [0.2, 0.25) is 0 Å². The highest BCUT2D eigenvalue weighted by Gasteiger charge is 2.57. The van der Waals surface area contributed by atoms with Crippen LogP contribution in [0.5, 0.6) is 0 Å². The van der Waals surface area contributed by atoms with Crippen molar-refractivity contribution >= 4 is 11.9 Å². The van der Waals surface area contributed by atoms with Crippen LogP contribution in [0, 0.1) is 5.41 Å². The number of alkyl halides is 3. The minimum absolute atomic E-state index is 0.0611. The fraction of sp³-hybridized carbons (Fsp3) is 0.800. The summed E-state index contributed by atoms with van der Waals surface area (Å²) in [6.45, 7) is 2.06. The van der Waals surface area contributed by atoms with Crippen molar-refractivity contribution < 1.29 is 32.2 Å². The van der Waals surface area contributed by atoms with Gasteiger partial charge in [0.05, 0.1) is 6.61 Å². The molecule has 2 atom stereocenters. The average Bonchev–Trinajstić information content (AvgIpc) is 2.61. The van der Waals surface area contributed by atoms with Crippen LogP contribution >= 0.6 is 0 Å². The highest BCUT2D eigenvalue weighted by Crippen LogP contribution is 2.42. The molecule has 7 heteroatoms. The number of halogens is 3. The quantitative estimate of drug-likeness (QED) is 0.721. The fourth-order valence-electron chi connectivity index (χ4n) is 1.30. The molecule has 4 nitrogen and oxygen atoms in total. The summed E-state index contributed by atoms with van der Waals surface area (Å²) in [5.41, 5.74) is -2.59. The van der Waals surface area contributed by atoms with Crippen molar-refractivity contribution in [2.75, 3.05) is 6.61 Å². The molecule has 0 aliphatic carbocycles. The first-order chi connectivity index (χ1) is 7.72. The molecule has 1 saturated heterocycles. The monoisotopic (exact) mass is 254 g/mol. The van der Waals surface area contributed by atoms with E-state index in [0.717, 1.165) is 6.92 Å². The fourth-order valence-corrected chi connectivity index (χ4v) is 1.30. The van der Waals surface area contributed by atoms with Crippen LogP contribution in [-0.2, 0) is 19.1 Å². The predicted molar refractivity (Wildman–Crippen MR) is 49.9 cm³/mol. The summed E-state index contributed by atoms with van der Waals surface area (Å²) in [6.07, 6.45) is -6.27. The van der Waals surface area contributed by atoms with Crippen LogP contribution in [-0.4, -0.2) is 30.8 Å². The van der Waals surface area contributed by atoms with Gasteiger partial charge >= 0.3 is 18.1 Å². The van der Waals surface area contributed by atoms with Gasteiger partial charge < -0.3 is 9.47 Å². The van der Waals surface area contributed by atoms with E-state index in [4.69, 9.17) is 0 Å². The van der Waals surface area contributed by atoms with E-state index in [9.17, 15) is 22.8 Å². The molecule has 1 rings (SSSR count). The Bertz CT molecular complexity index is 326. The van der Waals surface area contributed by atoms with Crippen molar-refractivity contribution in [3.05, 3.63) is 0 Å². The van der Waals surface area contributed by atoms with Gasteiger partial charge in [-0.25, -0.2) is 4.79 Å². The summed E-state index contributed by atoms with van der Waals surface area (Å²) in [4.78, 5) is 22.5. The van der Waals surface area contributed by atoms with Crippen LogP contribution in [0.25, 0.3) is 0 Å². The van der Waals surface area contributed by atoms with Gasteiger partial charge in [0, 0.05) is 6.42 Å². The first-order valence-electron chi connectivity index (χ1n) is 5.17. The Morgan fingerprint density at radius 3 is 2.47 bits per heavy atom. The van der Waals surface area contributed by atoms with Gasteiger partial charge in [-0.15, -0.1) is 0 Å². The number of rotatable bonds is 3. The zero-order valence-corrected chi connectivity index (χ0v) is 9.47. The predicted octanol–water partition coefficient (Wildman–Crippen LogP) is 1.82. The Hall–Kier alpha value is -1.27. The van der Waals surface area contributed by atoms with Crippen molar-refractivity contribution in [3.8, 4) is 0 Å². The van der Waals surface area contributed by atoms with Crippen LogP contribution in [0.4, 0.5) is 13.2 Å². The smallest absolute Gasteiger partial charge is 0.404 e. The highest BCUT2D eigenvalue weighted by molar-refractivity contribution is 5.83. The normalized spacial score (nSPS) is 24.1. The zero-order valence-electron chi connectivity index (χ0n) is 9.47. The van der Waals surface area contributed by atoms with Gasteiger partial charge in [0.1, 0.15) is 0 Å². The SMILES string of the molecule is CCC(C)(C(=O)OC1CCOC1=O)C(F)(F)F. The molecule has 1 aliphatic rings. The number of carbonyl (C=O) groups is 2. The number of hydrogen-bond acceptors (Lipinski definition) is 4. The van der Waals surface area contributed by atoms with Gasteiger partial charge in [-0.2, -0.15) is 13.2 Å². The van der Waals surface area contributed by atoms with Gasteiger partial charge in [-0.3, -0.25) is 4.79 Å². The van der Waals surface area contributed by atoms with Crippen molar-refractivity contribution in [2.24, 2.45) is 5.41 Å². The van der Waals surface area contributed by atoms with Gasteiger partial charge in [-0.05, 0) is 13.3 Å². The molecule has 98 valence electrons. The first-order valence-corrected chi connectivity index (χ1v) is 5.17. The molecule has 0 radical (unpaired) electrons. The molecule has 17 heavy (non-hydrogen) atoms. The summed E-state index contributed by atoms with van der Waals surface area (Å²) in [5.74, 6) is -2.23. The van der Waals surface area contributed by atoms with Gasteiger partial charge in [0.2, 0.25) is 6.10 Å². The second-order valence-corrected chi connectivity index (χ2v) is 4.03. The summed E-state index contributed by atoms with van der Waals surface area (Å²) < 4.78 is 47.2. The largest absolute Gasteiger partial charge is 0.463 e. The molecular weight excluding hydrogens is 241 g/mol. The van der Waals surface area contributed by atoms with Gasteiger partial charge in [0.15, 0.2) is 5.41 Å². The zero-order chi connectivity index (χ0) is 13.3. The third-order valence-electron chi connectivity index (χ3n) is 2.92. The van der Waals surface area contributed by atoms with E-state index in [0.29, 0.717) is 0 Å². The highest BCUT2D eigenvalue weighted by atomic mass is 19.4. The van der Waals surface area contributed by atoms with E-state index in [1.54, 1.807) is 0 Å². The molecule has 0 aromatic heterocycles. The molecular formula is C10H13F3O4. The van der Waals surface area contributed by atoms with E-state index >= 15 is 0 Å². The minimum Gasteiger partial charge on any atom is -0.463 e. The Morgan fingerprint density at radius 2 is 2.12 bits per heavy atom. The van der Waals surface area contributed by atoms with E-state index in [2.05, 4.69) is 9.47 Å². The summed E-state index contributed by atoms with van der Waals surface area (Å²) in [6, 6.07) is 0. The maximum atomic E-state index is 12.7. The number of hydrogen-bond donors (Lipinski definition) is 0. The van der Waals surface area contributed by atoms with E-state index in [1.807, 2.05) is 0 Å². The van der Waals surface area contributed by atoms with Crippen LogP contribution in [0.3, 0.4) is 0 Å². The second kappa shape index (κ2) is 4.54. The van der Waals surface area contributed by atoms with Crippen LogP contribution in [0.15, 0.2) is 0 Å². The second-order valence-electron chi connectivity index (χ2n) is 4.03. The first kappa shape index (κ1) is 13.8. The lowest BCUT2D eigenvalue weighted by atomic mass is 9.87. The van der Waals surface area contributed by atoms with Crippen LogP contribution < -0.4 is 0 Å². The van der Waals surface area contributed by atoms with Gasteiger partial charge in [0.25, 0.3) is 0 Å². The minimum atomic E-state index is -4.71. The van der Waals surface area contributed by atoms with Crippen molar-refractivity contribution in [1.29, 1.82) is 0 Å². The number of ether oxygens (including phenoxy) is 2. The molecule has 1 fully saturated rings. The van der Waals surface area contributed by atoms with Crippen molar-refractivity contribution in [2.45, 2.75) is 39.0 Å². The molecule has 0 bridgehead atoms. The molecule has 0 N–H and O–H groups in total. The lowest BCUT2D eigenvalue weighted by Gasteiger charge is -2.29. The maximum Gasteiger partial charge on any atom is 0.404 e. The topological polar surface area (TPSA) is 52.6 Å². The Balaban J connectivity index is 2.77. The standard InChI is InChI=1S/C10H13F3O4/c1-3-9(2,10(11,12)13)8(15)17-6-4-5-16-7(6)14/h6H,3-5H2,1-2H3. The van der Waals surface area contributed by atoms with Crippen LogP contribution in [0.1, 0.15) is 26.7 Å². The van der Waals surface area contributed by atoms with Gasteiger partial charge in [-0.1, -0.05) is 6.92 Å². The molecule has 0 amide bonds. The van der Waals surface area contributed by atoms with E-state index in [1.165, 1.54) is 6.92 Å². The lowest BCUT2D eigenvalue weighted by molar-refractivity contribution is -0.233. The number of carbonyl (C=O) groups excluding carboxylic acids is 2. The molecule has 0 spiro atoms. The average molecular weight is 254 g/mol. The van der Waals surface area contributed by atoms with E-state index < -0.39 is 36.1 Å². The number of cyclic esters (lactones) is 1. The summed E-state index contributed by atoms with van der Waals surface area (Å²) in [5, 5.41) is 0.